The number of hydrogen-bond acceptors (Lipinski definition) is 6. The van der Waals surface area contributed by atoms with E-state index in [2.05, 4.69) is 29.3 Å². The number of carbonyl (C=O) groups is 2. The van der Waals surface area contributed by atoms with E-state index < -0.39 is 0 Å². The molecule has 1 fully saturated rings. The standard InChI is InChI=1S/C27H31N5O3S/c1-5-10-29-27(34)32-17(2)13-18-14-20(6-7-22(18)32)35-23-8-11-28-21-15-24(36-25(21)23)26(33)31-12-9-19(16-31)30(3)4/h6-8,11,13-15,19H,5,9-10,12,16H2,1-4H3,(H,29,34). The van der Waals surface area contributed by atoms with Crippen molar-refractivity contribution in [3.8, 4) is 11.5 Å². The number of likely N-dealkylation sites (tertiary alicyclic amines) is 1. The first-order valence-electron chi connectivity index (χ1n) is 12.3. The predicted molar refractivity (Wildman–Crippen MR) is 143 cm³/mol. The fourth-order valence-electron chi connectivity index (χ4n) is 4.71. The molecule has 1 atom stereocenters. The van der Waals surface area contributed by atoms with Crippen LogP contribution in [0.5, 0.6) is 11.5 Å². The van der Waals surface area contributed by atoms with E-state index in [-0.39, 0.29) is 11.9 Å². The van der Waals surface area contributed by atoms with Crippen LogP contribution in [0.15, 0.2) is 42.6 Å². The van der Waals surface area contributed by atoms with Crippen LogP contribution in [0.25, 0.3) is 21.1 Å². The maximum Gasteiger partial charge on any atom is 0.326 e. The van der Waals surface area contributed by atoms with Gasteiger partial charge in [-0.2, -0.15) is 0 Å². The Morgan fingerprint density at radius 2 is 2.06 bits per heavy atom. The highest BCUT2D eigenvalue weighted by atomic mass is 32.1. The van der Waals surface area contributed by atoms with Gasteiger partial charge in [0, 0.05) is 49.0 Å². The molecule has 9 heteroatoms. The Hall–Kier alpha value is -3.43. The normalized spacial score (nSPS) is 15.8. The van der Waals surface area contributed by atoms with Crippen molar-refractivity contribution >= 4 is 44.4 Å². The van der Waals surface area contributed by atoms with Crippen molar-refractivity contribution in [3.63, 3.8) is 0 Å². The van der Waals surface area contributed by atoms with Gasteiger partial charge in [-0.3, -0.25) is 14.3 Å². The van der Waals surface area contributed by atoms with Gasteiger partial charge in [0.1, 0.15) is 11.5 Å². The number of hydrogen-bond donors (Lipinski definition) is 1. The van der Waals surface area contributed by atoms with Crippen molar-refractivity contribution in [2.75, 3.05) is 33.7 Å². The van der Waals surface area contributed by atoms with Crippen LogP contribution in [0.2, 0.25) is 0 Å². The van der Waals surface area contributed by atoms with Gasteiger partial charge in [-0.05, 0) is 64.2 Å². The zero-order chi connectivity index (χ0) is 25.4. The average molecular weight is 506 g/mol. The third-order valence-corrected chi connectivity index (χ3v) is 7.81. The first kappa shape index (κ1) is 24.3. The molecule has 188 valence electrons. The minimum atomic E-state index is -0.125. The minimum Gasteiger partial charge on any atom is -0.456 e. The molecule has 0 radical (unpaired) electrons. The van der Waals surface area contributed by atoms with E-state index in [0.717, 1.165) is 52.7 Å². The Labute approximate surface area is 214 Å². The number of nitrogens with one attached hydrogen (secondary N) is 1. The highest BCUT2D eigenvalue weighted by Gasteiger charge is 2.29. The lowest BCUT2D eigenvalue weighted by Gasteiger charge is -2.19. The molecule has 1 saturated heterocycles. The second kappa shape index (κ2) is 9.91. The molecule has 2 amide bonds. The number of benzene rings is 1. The number of pyridine rings is 1. The maximum atomic E-state index is 13.2. The molecule has 1 aliphatic heterocycles. The summed E-state index contributed by atoms with van der Waals surface area (Å²) in [6.45, 7) is 6.09. The SMILES string of the molecule is CCCNC(=O)n1c(C)cc2cc(Oc3ccnc4cc(C(=O)N5CCC(N(C)C)C5)sc34)ccc21. The molecule has 4 heterocycles. The zero-order valence-electron chi connectivity index (χ0n) is 21.1. The van der Waals surface area contributed by atoms with Crippen LogP contribution >= 0.6 is 11.3 Å². The molecule has 0 saturated carbocycles. The number of amides is 2. The van der Waals surface area contributed by atoms with Crippen LogP contribution < -0.4 is 10.1 Å². The van der Waals surface area contributed by atoms with Gasteiger partial charge in [-0.1, -0.05) is 6.92 Å². The second-order valence-corrected chi connectivity index (χ2v) is 10.5. The van der Waals surface area contributed by atoms with E-state index in [0.29, 0.717) is 29.0 Å². The second-order valence-electron chi connectivity index (χ2n) is 9.47. The van der Waals surface area contributed by atoms with Gasteiger partial charge in [-0.15, -0.1) is 11.3 Å². The molecular weight excluding hydrogens is 474 g/mol. The van der Waals surface area contributed by atoms with Gasteiger partial charge >= 0.3 is 6.03 Å². The molecule has 1 aliphatic rings. The fraction of sp³-hybridized carbons (Fsp3) is 0.370. The van der Waals surface area contributed by atoms with E-state index in [1.165, 1.54) is 11.3 Å². The highest BCUT2D eigenvalue weighted by molar-refractivity contribution is 7.21. The van der Waals surface area contributed by atoms with Crippen molar-refractivity contribution < 1.29 is 14.3 Å². The number of aryl methyl sites for hydroxylation is 1. The lowest BCUT2D eigenvalue weighted by Crippen LogP contribution is -2.34. The van der Waals surface area contributed by atoms with Gasteiger partial charge in [0.15, 0.2) is 0 Å². The first-order valence-corrected chi connectivity index (χ1v) is 13.1. The van der Waals surface area contributed by atoms with E-state index in [1.54, 1.807) is 10.8 Å². The molecule has 36 heavy (non-hydrogen) atoms. The van der Waals surface area contributed by atoms with Crippen molar-refractivity contribution in [1.82, 2.24) is 24.7 Å². The number of aromatic nitrogens is 2. The van der Waals surface area contributed by atoms with E-state index in [1.807, 2.05) is 55.1 Å². The number of likely N-dealkylation sites (N-methyl/N-ethyl adjacent to an activating group) is 1. The zero-order valence-corrected chi connectivity index (χ0v) is 21.9. The highest BCUT2D eigenvalue weighted by Crippen LogP contribution is 2.36. The van der Waals surface area contributed by atoms with Crippen molar-refractivity contribution in [2.24, 2.45) is 0 Å². The van der Waals surface area contributed by atoms with Crippen molar-refractivity contribution in [2.45, 2.75) is 32.7 Å². The van der Waals surface area contributed by atoms with Gasteiger partial charge in [-0.25, -0.2) is 4.79 Å². The molecule has 8 nitrogen and oxygen atoms in total. The van der Waals surface area contributed by atoms with E-state index in [4.69, 9.17) is 4.74 Å². The van der Waals surface area contributed by atoms with Gasteiger partial charge in [0.25, 0.3) is 5.91 Å². The number of carbonyl (C=O) groups excluding carboxylic acids is 2. The lowest BCUT2D eigenvalue weighted by molar-refractivity contribution is 0.0788. The molecule has 3 aromatic heterocycles. The van der Waals surface area contributed by atoms with E-state index >= 15 is 0 Å². The van der Waals surface area contributed by atoms with Crippen molar-refractivity contribution in [1.29, 1.82) is 0 Å². The number of thiophene rings is 1. The molecule has 5 rings (SSSR count). The Morgan fingerprint density at radius 1 is 1.22 bits per heavy atom. The van der Waals surface area contributed by atoms with Crippen LogP contribution in [0.1, 0.15) is 35.1 Å². The predicted octanol–water partition coefficient (Wildman–Crippen LogP) is 5.10. The largest absolute Gasteiger partial charge is 0.456 e. The monoisotopic (exact) mass is 505 g/mol. The maximum absolute atomic E-state index is 13.2. The third-order valence-electron chi connectivity index (χ3n) is 6.68. The molecule has 4 aromatic rings. The summed E-state index contributed by atoms with van der Waals surface area (Å²) in [5.74, 6) is 1.37. The number of nitrogens with zero attached hydrogens (tertiary/aromatic N) is 4. The topological polar surface area (TPSA) is 79.7 Å². The number of rotatable bonds is 6. The number of fused-ring (bicyclic) bond motifs is 2. The Bertz CT molecular complexity index is 1440. The van der Waals surface area contributed by atoms with Gasteiger partial charge in [0.2, 0.25) is 0 Å². The fourth-order valence-corrected chi connectivity index (χ4v) is 5.74. The average Bonchev–Trinajstić information content (AvgIpc) is 3.58. The van der Waals surface area contributed by atoms with E-state index in [9.17, 15) is 9.59 Å². The lowest BCUT2D eigenvalue weighted by atomic mass is 10.2. The summed E-state index contributed by atoms with van der Waals surface area (Å²) in [5, 5.41) is 3.86. The third kappa shape index (κ3) is 4.56. The molecule has 0 bridgehead atoms. The molecule has 0 aliphatic carbocycles. The first-order chi connectivity index (χ1) is 17.4. The van der Waals surface area contributed by atoms with Crippen LogP contribution in [-0.2, 0) is 0 Å². The summed E-state index contributed by atoms with van der Waals surface area (Å²) in [6.07, 6.45) is 3.57. The Kier molecular flexibility index (Phi) is 6.68. The quantitative estimate of drug-likeness (QED) is 0.395. The van der Waals surface area contributed by atoms with Crippen LogP contribution in [0, 0.1) is 6.92 Å². The molecule has 0 spiro atoms. The van der Waals surface area contributed by atoms with Crippen LogP contribution in [-0.4, -0.2) is 71.1 Å². The smallest absolute Gasteiger partial charge is 0.326 e. The molecule has 1 unspecified atom stereocenters. The summed E-state index contributed by atoms with van der Waals surface area (Å²) in [7, 11) is 4.11. The van der Waals surface area contributed by atoms with Gasteiger partial charge in [0.05, 0.1) is 20.6 Å². The molecule has 1 N–H and O–H groups in total. The van der Waals surface area contributed by atoms with Crippen LogP contribution in [0.4, 0.5) is 4.79 Å². The minimum absolute atomic E-state index is 0.0490. The van der Waals surface area contributed by atoms with Crippen molar-refractivity contribution in [3.05, 3.63) is 53.2 Å². The summed E-state index contributed by atoms with van der Waals surface area (Å²) < 4.78 is 8.81. The summed E-state index contributed by atoms with van der Waals surface area (Å²) in [4.78, 5) is 35.0. The Balaban J connectivity index is 1.39. The molecule has 1 aromatic carbocycles. The molecular formula is C27H31N5O3S. The summed E-state index contributed by atoms with van der Waals surface area (Å²) in [5.41, 5.74) is 2.45. The van der Waals surface area contributed by atoms with Crippen LogP contribution in [0.3, 0.4) is 0 Å². The van der Waals surface area contributed by atoms with Gasteiger partial charge < -0.3 is 19.9 Å². The summed E-state index contributed by atoms with van der Waals surface area (Å²) >= 11 is 1.42. The number of ether oxygens (including phenoxy) is 1. The Morgan fingerprint density at radius 3 is 2.81 bits per heavy atom. The summed E-state index contributed by atoms with van der Waals surface area (Å²) in [6, 6.07) is 11.6.